The number of rotatable bonds is 12. The quantitative estimate of drug-likeness (QED) is 0.328. The molecule has 1 rings (SSSR count). The molecule has 0 saturated heterocycles. The summed E-state index contributed by atoms with van der Waals surface area (Å²) < 4.78 is 17.6. The zero-order valence-electron chi connectivity index (χ0n) is 14.6. The van der Waals surface area contributed by atoms with Gasteiger partial charge in [0.05, 0.1) is 5.71 Å². The van der Waals surface area contributed by atoms with E-state index in [-0.39, 0.29) is 0 Å². The summed E-state index contributed by atoms with van der Waals surface area (Å²) in [6, 6.07) is 10.9. The van der Waals surface area contributed by atoms with Crippen LogP contribution in [0.15, 0.2) is 48.0 Å². The molecule has 4 nitrogen and oxygen atoms in total. The molecule has 0 aliphatic carbocycles. The third kappa shape index (κ3) is 6.79. The molecule has 0 heterocycles. The summed E-state index contributed by atoms with van der Waals surface area (Å²) in [4.78, 5) is 4.65. The first kappa shape index (κ1) is 19.8. The molecule has 5 heteroatoms. The smallest absolute Gasteiger partial charge is 0.374 e. The average molecular weight is 336 g/mol. The van der Waals surface area contributed by atoms with Crippen molar-refractivity contribution in [2.45, 2.75) is 33.2 Å². The molecule has 0 radical (unpaired) electrons. The fraction of sp³-hybridized carbons (Fsp3) is 0.500. The Labute approximate surface area is 141 Å². The molecule has 0 N–H and O–H groups in total. The second-order valence-corrected chi connectivity index (χ2v) is 7.65. The summed E-state index contributed by atoms with van der Waals surface area (Å²) in [6.07, 6.45) is 2.67. The molecule has 0 aliphatic heterocycles. The normalized spacial score (nSPS) is 12.4. The summed E-state index contributed by atoms with van der Waals surface area (Å²) in [5, 5.41) is 0. The molecule has 0 unspecified atom stereocenters. The predicted octanol–water partition coefficient (Wildman–Crippen LogP) is 4.10. The predicted molar refractivity (Wildman–Crippen MR) is 98.1 cm³/mol. The van der Waals surface area contributed by atoms with Crippen LogP contribution in [0.3, 0.4) is 0 Å². The Morgan fingerprint density at radius 1 is 1.04 bits per heavy atom. The molecule has 0 bridgehead atoms. The maximum Gasteiger partial charge on any atom is 0.500 e. The lowest BCUT2D eigenvalue weighted by Crippen LogP contribution is -2.46. The van der Waals surface area contributed by atoms with Crippen LogP contribution in [0.1, 0.15) is 32.8 Å². The van der Waals surface area contributed by atoms with Gasteiger partial charge in [0.2, 0.25) is 0 Å². The zero-order valence-corrected chi connectivity index (χ0v) is 15.6. The molecule has 23 heavy (non-hydrogen) atoms. The van der Waals surface area contributed by atoms with E-state index >= 15 is 0 Å². The number of hydrogen-bond donors (Lipinski definition) is 0. The van der Waals surface area contributed by atoms with Crippen molar-refractivity contribution >= 4 is 14.5 Å². The molecule has 1 aromatic rings. The molecular formula is C18H29NO3Si. The maximum absolute atomic E-state index is 5.85. The van der Waals surface area contributed by atoms with Crippen LogP contribution in [0.4, 0.5) is 0 Å². The lowest BCUT2D eigenvalue weighted by Gasteiger charge is -2.28. The number of aliphatic imine (C=N–C) groups is 1. The van der Waals surface area contributed by atoms with Crippen LogP contribution < -0.4 is 0 Å². The minimum Gasteiger partial charge on any atom is -0.374 e. The molecule has 0 amide bonds. The number of benzene rings is 1. The van der Waals surface area contributed by atoms with Crippen molar-refractivity contribution in [1.82, 2.24) is 0 Å². The second kappa shape index (κ2) is 11.3. The molecule has 0 saturated carbocycles. The summed E-state index contributed by atoms with van der Waals surface area (Å²) in [5.74, 6) is 0. The van der Waals surface area contributed by atoms with Gasteiger partial charge in [-0.2, -0.15) is 0 Å². The number of nitrogens with zero attached hydrogens (tertiary/aromatic N) is 1. The highest BCUT2D eigenvalue weighted by Gasteiger charge is 2.39. The van der Waals surface area contributed by atoms with Crippen LogP contribution in [0, 0.1) is 0 Å². The third-order valence-corrected chi connectivity index (χ3v) is 6.43. The third-order valence-electron chi connectivity index (χ3n) is 3.28. The van der Waals surface area contributed by atoms with E-state index < -0.39 is 8.80 Å². The molecular weight excluding hydrogens is 306 g/mol. The minimum absolute atomic E-state index is 0.609. The standard InChI is InChI=1S/C18H29NO3Si/c1-5-18(17-13-10-9-11-14-17)19-15-12-16-23(20-6-2,21-7-3)22-8-4/h5,9-11,13-14H,1,6-8,12,15-16H2,2-4H3. The largest absolute Gasteiger partial charge is 0.500 e. The van der Waals surface area contributed by atoms with Crippen molar-refractivity contribution < 1.29 is 13.3 Å². The molecule has 0 fully saturated rings. The van der Waals surface area contributed by atoms with Crippen LogP contribution in [0.5, 0.6) is 0 Å². The van der Waals surface area contributed by atoms with Gasteiger partial charge in [0.15, 0.2) is 0 Å². The van der Waals surface area contributed by atoms with E-state index in [2.05, 4.69) is 11.6 Å². The lowest BCUT2D eigenvalue weighted by molar-refractivity contribution is 0.0710. The second-order valence-electron chi connectivity index (χ2n) is 4.92. The Balaban J connectivity index is 2.64. The van der Waals surface area contributed by atoms with Gasteiger partial charge in [-0.25, -0.2) is 0 Å². The fourth-order valence-corrected chi connectivity index (χ4v) is 4.97. The number of allylic oxidation sites excluding steroid dienone is 1. The van der Waals surface area contributed by atoms with E-state index in [9.17, 15) is 0 Å². The van der Waals surface area contributed by atoms with Gasteiger partial charge in [-0.15, -0.1) is 0 Å². The van der Waals surface area contributed by atoms with Crippen molar-refractivity contribution in [1.29, 1.82) is 0 Å². The van der Waals surface area contributed by atoms with Crippen molar-refractivity contribution in [2.24, 2.45) is 4.99 Å². The molecule has 1 aromatic carbocycles. The monoisotopic (exact) mass is 335 g/mol. The molecule has 0 aliphatic rings. The Bertz CT molecular complexity index is 459. The van der Waals surface area contributed by atoms with Crippen molar-refractivity contribution in [3.05, 3.63) is 48.6 Å². The summed E-state index contributed by atoms with van der Waals surface area (Å²) in [6.45, 7) is 12.3. The van der Waals surface area contributed by atoms with Gasteiger partial charge in [-0.1, -0.05) is 36.9 Å². The van der Waals surface area contributed by atoms with E-state index in [1.54, 1.807) is 6.08 Å². The molecule has 0 aromatic heterocycles. The van der Waals surface area contributed by atoms with Gasteiger partial charge in [0.25, 0.3) is 0 Å². The van der Waals surface area contributed by atoms with E-state index in [4.69, 9.17) is 13.3 Å². The summed E-state index contributed by atoms with van der Waals surface area (Å²) in [7, 11) is -2.55. The van der Waals surface area contributed by atoms with E-state index in [1.807, 2.05) is 51.1 Å². The summed E-state index contributed by atoms with van der Waals surface area (Å²) in [5.41, 5.74) is 2.01. The number of hydrogen-bond acceptors (Lipinski definition) is 4. The van der Waals surface area contributed by atoms with Crippen LogP contribution in [0.2, 0.25) is 6.04 Å². The Morgan fingerprint density at radius 2 is 1.61 bits per heavy atom. The van der Waals surface area contributed by atoms with Crippen molar-refractivity contribution in [3.63, 3.8) is 0 Å². The molecule has 0 atom stereocenters. The first-order chi connectivity index (χ1) is 11.2. The minimum atomic E-state index is -2.55. The Hall–Kier alpha value is -1.27. The highest BCUT2D eigenvalue weighted by atomic mass is 28.4. The maximum atomic E-state index is 5.85. The van der Waals surface area contributed by atoms with E-state index in [1.165, 1.54) is 0 Å². The Kier molecular flexibility index (Phi) is 9.71. The van der Waals surface area contributed by atoms with Gasteiger partial charge in [0.1, 0.15) is 0 Å². The zero-order chi connectivity index (χ0) is 17.0. The van der Waals surface area contributed by atoms with Gasteiger partial charge in [-0.05, 0) is 38.8 Å². The summed E-state index contributed by atoms with van der Waals surface area (Å²) >= 11 is 0. The SMILES string of the molecule is C=CC(=NCCC[Si](OCC)(OCC)OCC)c1ccccc1. The first-order valence-corrected chi connectivity index (χ1v) is 10.3. The van der Waals surface area contributed by atoms with E-state index in [0.29, 0.717) is 26.4 Å². The van der Waals surface area contributed by atoms with Crippen molar-refractivity contribution in [2.75, 3.05) is 26.4 Å². The highest BCUT2D eigenvalue weighted by Crippen LogP contribution is 2.18. The first-order valence-electron chi connectivity index (χ1n) is 8.35. The average Bonchev–Trinajstić information content (AvgIpc) is 2.56. The highest BCUT2D eigenvalue weighted by molar-refractivity contribution is 6.60. The van der Waals surface area contributed by atoms with E-state index in [0.717, 1.165) is 23.7 Å². The fourth-order valence-electron chi connectivity index (χ4n) is 2.38. The van der Waals surface area contributed by atoms with Gasteiger partial charge >= 0.3 is 8.80 Å². The van der Waals surface area contributed by atoms with Gasteiger partial charge < -0.3 is 13.3 Å². The van der Waals surface area contributed by atoms with Crippen LogP contribution in [-0.2, 0) is 13.3 Å². The van der Waals surface area contributed by atoms with Crippen LogP contribution in [-0.4, -0.2) is 40.9 Å². The van der Waals surface area contributed by atoms with Gasteiger partial charge in [-0.3, -0.25) is 4.99 Å². The van der Waals surface area contributed by atoms with Crippen LogP contribution in [0.25, 0.3) is 0 Å². The Morgan fingerprint density at radius 3 is 2.09 bits per heavy atom. The van der Waals surface area contributed by atoms with Crippen molar-refractivity contribution in [3.8, 4) is 0 Å². The van der Waals surface area contributed by atoms with Gasteiger partial charge in [0, 0.05) is 32.4 Å². The lowest BCUT2D eigenvalue weighted by atomic mass is 10.1. The molecule has 0 spiro atoms. The van der Waals surface area contributed by atoms with Crippen LogP contribution >= 0.6 is 0 Å². The molecule has 128 valence electrons. The topological polar surface area (TPSA) is 40.0 Å².